The van der Waals surface area contributed by atoms with Gasteiger partial charge in [0.15, 0.2) is 0 Å². The Labute approximate surface area is 111 Å². The molecule has 102 valence electrons. The van der Waals surface area contributed by atoms with Gasteiger partial charge in [0.05, 0.1) is 12.7 Å². The molecule has 2 heteroatoms. The van der Waals surface area contributed by atoms with E-state index < -0.39 is 5.60 Å². The van der Waals surface area contributed by atoms with Gasteiger partial charge >= 0.3 is 0 Å². The summed E-state index contributed by atoms with van der Waals surface area (Å²) in [6.07, 6.45) is 1.58. The third kappa shape index (κ3) is 4.02. The van der Waals surface area contributed by atoms with Crippen LogP contribution in [0, 0.1) is 11.8 Å². The fraction of sp³-hybridized carbons (Fsp3) is 0.625. The van der Waals surface area contributed by atoms with Gasteiger partial charge in [-0.25, -0.2) is 0 Å². The van der Waals surface area contributed by atoms with Crippen LogP contribution in [0.3, 0.4) is 0 Å². The van der Waals surface area contributed by atoms with Crippen LogP contribution >= 0.6 is 0 Å². The van der Waals surface area contributed by atoms with E-state index in [-0.39, 0.29) is 0 Å². The third-order valence-electron chi connectivity index (χ3n) is 3.12. The molecule has 0 aliphatic carbocycles. The minimum Gasteiger partial charge on any atom is -0.497 e. The van der Waals surface area contributed by atoms with E-state index in [2.05, 4.69) is 27.7 Å². The van der Waals surface area contributed by atoms with Crippen molar-refractivity contribution in [3.8, 4) is 5.75 Å². The topological polar surface area (TPSA) is 29.5 Å². The molecule has 18 heavy (non-hydrogen) atoms. The fourth-order valence-corrected chi connectivity index (χ4v) is 2.57. The van der Waals surface area contributed by atoms with Crippen molar-refractivity contribution < 1.29 is 9.84 Å². The molecular formula is C16H26O2. The van der Waals surface area contributed by atoms with Crippen molar-refractivity contribution in [1.82, 2.24) is 0 Å². The van der Waals surface area contributed by atoms with E-state index in [4.69, 9.17) is 4.74 Å². The molecule has 0 bridgehead atoms. The summed E-state index contributed by atoms with van der Waals surface area (Å²) in [5.74, 6) is 1.77. The molecule has 0 saturated carbocycles. The Morgan fingerprint density at radius 2 is 1.44 bits per heavy atom. The van der Waals surface area contributed by atoms with E-state index in [1.165, 1.54) is 0 Å². The standard InChI is InChI=1S/C16H26O2/c1-12(2)10-16(17,11-13(3)4)14-6-8-15(18-5)9-7-14/h6-9,12-13,17H,10-11H2,1-5H3. The SMILES string of the molecule is COc1ccc(C(O)(CC(C)C)CC(C)C)cc1. The Morgan fingerprint density at radius 1 is 1.00 bits per heavy atom. The molecule has 0 unspecified atom stereocenters. The average molecular weight is 250 g/mol. The Kier molecular flexibility index (Phi) is 5.21. The average Bonchev–Trinajstić information content (AvgIpc) is 2.27. The monoisotopic (exact) mass is 250 g/mol. The summed E-state index contributed by atoms with van der Waals surface area (Å²) in [6, 6.07) is 7.79. The van der Waals surface area contributed by atoms with Gasteiger partial charge in [-0.15, -0.1) is 0 Å². The molecule has 1 aromatic rings. The molecule has 2 nitrogen and oxygen atoms in total. The zero-order chi connectivity index (χ0) is 13.8. The van der Waals surface area contributed by atoms with Gasteiger partial charge in [-0.1, -0.05) is 39.8 Å². The Bertz CT molecular complexity index is 342. The lowest BCUT2D eigenvalue weighted by molar-refractivity contribution is -0.00452. The van der Waals surface area contributed by atoms with Crippen molar-refractivity contribution in [2.24, 2.45) is 11.8 Å². The Morgan fingerprint density at radius 3 is 1.78 bits per heavy atom. The molecule has 0 fully saturated rings. The van der Waals surface area contributed by atoms with Crippen LogP contribution in [0.15, 0.2) is 24.3 Å². The van der Waals surface area contributed by atoms with Gasteiger partial charge in [-0.2, -0.15) is 0 Å². The first-order valence-electron chi connectivity index (χ1n) is 6.74. The van der Waals surface area contributed by atoms with Crippen LogP contribution in [-0.4, -0.2) is 12.2 Å². The van der Waals surface area contributed by atoms with Gasteiger partial charge in [-0.05, 0) is 42.4 Å². The zero-order valence-corrected chi connectivity index (χ0v) is 12.2. The number of hydrogen-bond acceptors (Lipinski definition) is 2. The maximum Gasteiger partial charge on any atom is 0.118 e. The molecule has 0 atom stereocenters. The van der Waals surface area contributed by atoms with Crippen molar-refractivity contribution >= 4 is 0 Å². The third-order valence-corrected chi connectivity index (χ3v) is 3.12. The number of aliphatic hydroxyl groups is 1. The number of rotatable bonds is 6. The lowest BCUT2D eigenvalue weighted by atomic mass is 9.80. The molecule has 0 spiro atoms. The van der Waals surface area contributed by atoms with Gasteiger partial charge in [0.2, 0.25) is 0 Å². The molecule has 0 aliphatic heterocycles. The molecule has 0 aliphatic rings. The smallest absolute Gasteiger partial charge is 0.118 e. The van der Waals surface area contributed by atoms with Crippen molar-refractivity contribution in [3.63, 3.8) is 0 Å². The number of ether oxygens (including phenoxy) is 1. The minimum absolute atomic E-state index is 0.468. The summed E-state index contributed by atoms with van der Waals surface area (Å²) in [5.41, 5.74) is 0.264. The summed E-state index contributed by atoms with van der Waals surface area (Å²) in [7, 11) is 1.66. The fourth-order valence-electron chi connectivity index (χ4n) is 2.57. The second-order valence-corrected chi connectivity index (χ2v) is 5.96. The zero-order valence-electron chi connectivity index (χ0n) is 12.2. The van der Waals surface area contributed by atoms with Crippen LogP contribution < -0.4 is 4.74 Å². The van der Waals surface area contributed by atoms with Crippen molar-refractivity contribution in [2.45, 2.75) is 46.1 Å². The summed E-state index contributed by atoms with van der Waals surface area (Å²) >= 11 is 0. The number of methoxy groups -OCH3 is 1. The quantitative estimate of drug-likeness (QED) is 0.827. The molecule has 0 amide bonds. The van der Waals surface area contributed by atoms with E-state index in [1.54, 1.807) is 7.11 Å². The first-order valence-corrected chi connectivity index (χ1v) is 6.74. The Balaban J connectivity index is 3.00. The predicted octanol–water partition coefficient (Wildman–Crippen LogP) is 3.98. The summed E-state index contributed by atoms with van der Waals surface area (Å²) in [6.45, 7) is 8.59. The van der Waals surface area contributed by atoms with E-state index >= 15 is 0 Å². The predicted molar refractivity (Wildman–Crippen MR) is 75.8 cm³/mol. The minimum atomic E-state index is -0.728. The molecule has 0 saturated heterocycles. The molecule has 0 heterocycles. The highest BCUT2D eigenvalue weighted by Gasteiger charge is 2.30. The van der Waals surface area contributed by atoms with Crippen LogP contribution in [0.25, 0.3) is 0 Å². The van der Waals surface area contributed by atoms with E-state index in [0.717, 1.165) is 24.2 Å². The number of hydrogen-bond donors (Lipinski definition) is 1. The van der Waals surface area contributed by atoms with Crippen molar-refractivity contribution in [2.75, 3.05) is 7.11 Å². The molecule has 1 N–H and O–H groups in total. The van der Waals surface area contributed by atoms with Gasteiger partial charge in [0.25, 0.3) is 0 Å². The summed E-state index contributed by atoms with van der Waals surface area (Å²) < 4.78 is 5.16. The van der Waals surface area contributed by atoms with Gasteiger partial charge < -0.3 is 9.84 Å². The van der Waals surface area contributed by atoms with Crippen molar-refractivity contribution in [1.29, 1.82) is 0 Å². The lowest BCUT2D eigenvalue weighted by Crippen LogP contribution is -2.29. The highest BCUT2D eigenvalue weighted by atomic mass is 16.5. The maximum absolute atomic E-state index is 10.9. The maximum atomic E-state index is 10.9. The summed E-state index contributed by atoms with van der Waals surface area (Å²) in [5, 5.41) is 10.9. The summed E-state index contributed by atoms with van der Waals surface area (Å²) in [4.78, 5) is 0. The Hall–Kier alpha value is -1.02. The number of benzene rings is 1. The van der Waals surface area contributed by atoms with Crippen LogP contribution in [0.2, 0.25) is 0 Å². The van der Waals surface area contributed by atoms with E-state index in [1.807, 2.05) is 24.3 Å². The molecule has 1 aromatic carbocycles. The largest absolute Gasteiger partial charge is 0.497 e. The van der Waals surface area contributed by atoms with E-state index in [0.29, 0.717) is 11.8 Å². The molecule has 0 aromatic heterocycles. The lowest BCUT2D eigenvalue weighted by Gasteiger charge is -2.32. The highest BCUT2D eigenvalue weighted by molar-refractivity contribution is 5.31. The van der Waals surface area contributed by atoms with Crippen LogP contribution in [0.5, 0.6) is 5.75 Å². The van der Waals surface area contributed by atoms with E-state index in [9.17, 15) is 5.11 Å². The molecular weight excluding hydrogens is 224 g/mol. The van der Waals surface area contributed by atoms with Gasteiger partial charge in [-0.3, -0.25) is 0 Å². The first kappa shape index (κ1) is 15.0. The molecule has 0 radical (unpaired) electrons. The van der Waals surface area contributed by atoms with Crippen LogP contribution in [0.4, 0.5) is 0 Å². The normalized spacial score (nSPS) is 12.2. The van der Waals surface area contributed by atoms with Crippen LogP contribution in [-0.2, 0) is 5.60 Å². The first-order chi connectivity index (χ1) is 8.37. The highest BCUT2D eigenvalue weighted by Crippen LogP contribution is 2.35. The van der Waals surface area contributed by atoms with Crippen LogP contribution in [0.1, 0.15) is 46.1 Å². The van der Waals surface area contributed by atoms with Gasteiger partial charge in [0.1, 0.15) is 5.75 Å². The van der Waals surface area contributed by atoms with Crippen molar-refractivity contribution in [3.05, 3.63) is 29.8 Å². The van der Waals surface area contributed by atoms with Gasteiger partial charge in [0, 0.05) is 0 Å². The second kappa shape index (κ2) is 6.24. The molecule has 1 rings (SSSR count). The second-order valence-electron chi connectivity index (χ2n) is 5.96.